The van der Waals surface area contributed by atoms with Crippen LogP contribution in [0.2, 0.25) is 0 Å². The van der Waals surface area contributed by atoms with Crippen LogP contribution in [0.15, 0.2) is 46.7 Å². The normalized spacial score (nSPS) is 11.6. The lowest BCUT2D eigenvalue weighted by atomic mass is 10.2. The number of carbonyl (C=O) groups excluding carboxylic acids is 1. The van der Waals surface area contributed by atoms with E-state index in [-0.39, 0.29) is 11.5 Å². The summed E-state index contributed by atoms with van der Waals surface area (Å²) in [4.78, 5) is 13.1. The summed E-state index contributed by atoms with van der Waals surface area (Å²) >= 11 is 1.51. The van der Waals surface area contributed by atoms with Gasteiger partial charge in [-0.05, 0) is 35.7 Å². The lowest BCUT2D eigenvalue weighted by Crippen LogP contribution is -2.30. The molecule has 0 bridgehead atoms. The molecule has 124 valence electrons. The van der Waals surface area contributed by atoms with Crippen molar-refractivity contribution < 1.29 is 17.9 Å². The Morgan fingerprint density at radius 2 is 1.78 bits per heavy atom. The van der Waals surface area contributed by atoms with Gasteiger partial charge in [-0.1, -0.05) is 19.9 Å². The van der Waals surface area contributed by atoms with Gasteiger partial charge in [0, 0.05) is 18.0 Å². The molecule has 0 radical (unpaired) electrons. The van der Waals surface area contributed by atoms with E-state index in [0.717, 1.165) is 4.88 Å². The van der Waals surface area contributed by atoms with Crippen molar-refractivity contribution in [1.82, 2.24) is 4.31 Å². The second kappa shape index (κ2) is 7.72. The average Bonchev–Trinajstić information content (AvgIpc) is 3.07. The molecule has 1 heterocycles. The molecule has 0 fully saturated rings. The highest BCUT2D eigenvalue weighted by Crippen LogP contribution is 2.17. The maximum Gasteiger partial charge on any atom is 0.338 e. The van der Waals surface area contributed by atoms with Crippen LogP contribution >= 0.6 is 11.3 Å². The first-order valence-electron chi connectivity index (χ1n) is 7.28. The van der Waals surface area contributed by atoms with Gasteiger partial charge in [0.25, 0.3) is 0 Å². The molecular formula is C16H19NO4S2. The highest BCUT2D eigenvalue weighted by Gasteiger charge is 2.21. The quantitative estimate of drug-likeness (QED) is 0.718. The molecule has 0 spiro atoms. The molecular weight excluding hydrogens is 334 g/mol. The van der Waals surface area contributed by atoms with Crippen molar-refractivity contribution in [2.24, 2.45) is 0 Å². The topological polar surface area (TPSA) is 63.7 Å². The van der Waals surface area contributed by atoms with Crippen LogP contribution in [0.3, 0.4) is 0 Å². The Morgan fingerprint density at radius 3 is 2.30 bits per heavy atom. The maximum atomic E-state index is 12.4. The molecule has 2 rings (SSSR count). The van der Waals surface area contributed by atoms with Gasteiger partial charge in [0.1, 0.15) is 6.61 Å². The van der Waals surface area contributed by atoms with Gasteiger partial charge < -0.3 is 4.74 Å². The molecule has 0 aliphatic heterocycles. The summed E-state index contributed by atoms with van der Waals surface area (Å²) in [5.41, 5.74) is 0.333. The van der Waals surface area contributed by atoms with Crippen LogP contribution in [0.4, 0.5) is 0 Å². The molecule has 5 nitrogen and oxygen atoms in total. The number of sulfonamides is 1. The third kappa shape index (κ3) is 4.19. The second-order valence-corrected chi connectivity index (χ2v) is 7.74. The fourth-order valence-electron chi connectivity index (χ4n) is 2.09. The average molecular weight is 353 g/mol. The van der Waals surface area contributed by atoms with Gasteiger partial charge in [0.15, 0.2) is 0 Å². The minimum Gasteiger partial charge on any atom is -0.456 e. The van der Waals surface area contributed by atoms with E-state index >= 15 is 0 Å². The number of esters is 1. The molecule has 7 heteroatoms. The van der Waals surface area contributed by atoms with E-state index in [9.17, 15) is 13.2 Å². The number of rotatable bonds is 7. The van der Waals surface area contributed by atoms with E-state index in [2.05, 4.69) is 0 Å². The zero-order valence-electron chi connectivity index (χ0n) is 13.1. The molecule has 1 aromatic heterocycles. The lowest BCUT2D eigenvalue weighted by Gasteiger charge is -2.18. The van der Waals surface area contributed by atoms with E-state index in [4.69, 9.17) is 4.74 Å². The van der Waals surface area contributed by atoms with E-state index in [1.54, 1.807) is 13.8 Å². The van der Waals surface area contributed by atoms with Gasteiger partial charge in [-0.3, -0.25) is 0 Å². The van der Waals surface area contributed by atoms with Crippen LogP contribution in [-0.2, 0) is 21.4 Å². The molecule has 0 saturated heterocycles. The number of hydrogen-bond donors (Lipinski definition) is 0. The highest BCUT2D eigenvalue weighted by atomic mass is 32.2. The summed E-state index contributed by atoms with van der Waals surface area (Å²) < 4.78 is 31.3. The monoisotopic (exact) mass is 353 g/mol. The van der Waals surface area contributed by atoms with Gasteiger partial charge in [0.05, 0.1) is 10.5 Å². The van der Waals surface area contributed by atoms with Crippen molar-refractivity contribution in [3.8, 4) is 0 Å². The van der Waals surface area contributed by atoms with Crippen molar-refractivity contribution in [2.75, 3.05) is 13.1 Å². The predicted molar refractivity (Wildman–Crippen MR) is 90.0 cm³/mol. The highest BCUT2D eigenvalue weighted by molar-refractivity contribution is 7.89. The van der Waals surface area contributed by atoms with Crippen molar-refractivity contribution in [3.05, 3.63) is 52.2 Å². The maximum absolute atomic E-state index is 12.4. The molecule has 0 aliphatic rings. The van der Waals surface area contributed by atoms with Crippen LogP contribution in [0.5, 0.6) is 0 Å². The Labute approximate surface area is 140 Å². The number of carbonyl (C=O) groups is 1. The Morgan fingerprint density at radius 1 is 1.13 bits per heavy atom. The minimum absolute atomic E-state index is 0.177. The van der Waals surface area contributed by atoms with Gasteiger partial charge in [0.2, 0.25) is 10.0 Å². The second-order valence-electron chi connectivity index (χ2n) is 4.77. The van der Waals surface area contributed by atoms with E-state index in [0.29, 0.717) is 18.7 Å². The summed E-state index contributed by atoms with van der Waals surface area (Å²) in [6.45, 7) is 4.61. The van der Waals surface area contributed by atoms with Crippen molar-refractivity contribution in [1.29, 1.82) is 0 Å². The number of nitrogens with zero attached hydrogens (tertiary/aromatic N) is 1. The molecule has 0 aliphatic carbocycles. The van der Waals surface area contributed by atoms with Crippen LogP contribution in [0.1, 0.15) is 29.1 Å². The van der Waals surface area contributed by atoms with Gasteiger partial charge in [-0.15, -0.1) is 11.3 Å². The first-order chi connectivity index (χ1) is 11.0. The molecule has 0 unspecified atom stereocenters. The molecule has 0 atom stereocenters. The number of thiophene rings is 1. The fraction of sp³-hybridized carbons (Fsp3) is 0.312. The number of ether oxygens (including phenoxy) is 1. The third-order valence-corrected chi connectivity index (χ3v) is 6.27. The first kappa shape index (κ1) is 17.7. The van der Waals surface area contributed by atoms with Gasteiger partial charge >= 0.3 is 5.97 Å². The number of hydrogen-bond acceptors (Lipinski definition) is 5. The smallest absolute Gasteiger partial charge is 0.338 e. The minimum atomic E-state index is -3.51. The fourth-order valence-corrected chi connectivity index (χ4v) is 4.16. The van der Waals surface area contributed by atoms with Crippen molar-refractivity contribution >= 4 is 27.3 Å². The summed E-state index contributed by atoms with van der Waals surface area (Å²) in [7, 11) is -3.51. The van der Waals surface area contributed by atoms with Crippen LogP contribution in [0.25, 0.3) is 0 Å². The van der Waals surface area contributed by atoms with E-state index < -0.39 is 16.0 Å². The molecule has 0 N–H and O–H groups in total. The predicted octanol–water partition coefficient (Wildman–Crippen LogP) is 3.14. The molecule has 1 aromatic carbocycles. The molecule has 2 aromatic rings. The Hall–Kier alpha value is -1.70. The standard InChI is InChI=1S/C16H19NO4S2/c1-3-17(4-2)23(19,20)15-9-7-13(8-10-15)16(18)21-12-14-6-5-11-22-14/h5-11H,3-4,12H2,1-2H3. The number of benzene rings is 1. The van der Waals surface area contributed by atoms with Gasteiger partial charge in [-0.2, -0.15) is 4.31 Å². The largest absolute Gasteiger partial charge is 0.456 e. The SMILES string of the molecule is CCN(CC)S(=O)(=O)c1ccc(C(=O)OCc2cccs2)cc1. The molecule has 0 amide bonds. The lowest BCUT2D eigenvalue weighted by molar-refractivity contribution is 0.0476. The van der Waals surface area contributed by atoms with E-state index in [1.807, 2.05) is 17.5 Å². The van der Waals surface area contributed by atoms with Crippen LogP contribution in [0, 0.1) is 0 Å². The molecule has 0 saturated carbocycles. The van der Waals surface area contributed by atoms with Crippen molar-refractivity contribution in [2.45, 2.75) is 25.3 Å². The third-order valence-electron chi connectivity index (χ3n) is 3.36. The van der Waals surface area contributed by atoms with Crippen molar-refractivity contribution in [3.63, 3.8) is 0 Å². The van der Waals surface area contributed by atoms with E-state index in [1.165, 1.54) is 39.9 Å². The summed E-state index contributed by atoms with van der Waals surface area (Å²) in [5.74, 6) is -0.467. The van der Waals surface area contributed by atoms with Crippen LogP contribution < -0.4 is 0 Å². The Bertz CT molecular complexity index is 733. The summed E-state index contributed by atoms with van der Waals surface area (Å²) in [6, 6.07) is 9.61. The van der Waals surface area contributed by atoms with Crippen LogP contribution in [-0.4, -0.2) is 31.8 Å². The zero-order valence-corrected chi connectivity index (χ0v) is 14.7. The Balaban J connectivity index is 2.08. The summed E-state index contributed by atoms with van der Waals surface area (Å²) in [5, 5.41) is 1.91. The summed E-state index contributed by atoms with van der Waals surface area (Å²) in [6.07, 6.45) is 0. The van der Waals surface area contributed by atoms with Gasteiger partial charge in [-0.25, -0.2) is 13.2 Å². The molecule has 23 heavy (non-hydrogen) atoms. The Kier molecular flexibility index (Phi) is 5.92. The first-order valence-corrected chi connectivity index (χ1v) is 9.60. The zero-order chi connectivity index (χ0) is 16.9.